The molecule has 22 heavy (non-hydrogen) atoms. The molecule has 0 saturated carbocycles. The molecule has 112 valence electrons. The smallest absolute Gasteiger partial charge is 0.216 e. The molecule has 0 unspecified atom stereocenters. The Labute approximate surface area is 137 Å². The van der Waals surface area contributed by atoms with Crippen molar-refractivity contribution >= 4 is 40.9 Å². The maximum Gasteiger partial charge on any atom is 0.216 e. The molecule has 0 saturated heterocycles. The molecule has 0 aliphatic heterocycles. The third-order valence-electron chi connectivity index (χ3n) is 3.30. The van der Waals surface area contributed by atoms with Crippen LogP contribution in [0.5, 0.6) is 0 Å². The van der Waals surface area contributed by atoms with Crippen molar-refractivity contribution in [2.24, 2.45) is 5.10 Å². The molecule has 1 N–H and O–H groups in total. The molecule has 7 heteroatoms. The van der Waals surface area contributed by atoms with E-state index in [4.69, 9.17) is 23.8 Å². The Bertz CT molecular complexity index is 925. The van der Waals surface area contributed by atoms with E-state index < -0.39 is 0 Å². The van der Waals surface area contributed by atoms with Gasteiger partial charge in [-0.1, -0.05) is 30.7 Å². The molecule has 1 aromatic carbocycles. The first-order chi connectivity index (χ1) is 10.6. The van der Waals surface area contributed by atoms with Crippen molar-refractivity contribution in [2.75, 3.05) is 0 Å². The van der Waals surface area contributed by atoms with Crippen molar-refractivity contribution in [3.8, 4) is 0 Å². The predicted molar refractivity (Wildman–Crippen MR) is 91.3 cm³/mol. The highest BCUT2D eigenvalue weighted by atomic mass is 35.5. The Kier molecular flexibility index (Phi) is 4.04. The summed E-state index contributed by atoms with van der Waals surface area (Å²) in [6.45, 7) is 4.02. The van der Waals surface area contributed by atoms with Gasteiger partial charge >= 0.3 is 0 Å². The summed E-state index contributed by atoms with van der Waals surface area (Å²) in [5.74, 6) is 0.766. The summed E-state index contributed by atoms with van der Waals surface area (Å²) in [5.41, 5.74) is 2.76. The number of rotatable bonds is 3. The quantitative estimate of drug-likeness (QED) is 0.450. The zero-order valence-corrected chi connectivity index (χ0v) is 13.7. The molecule has 0 atom stereocenters. The van der Waals surface area contributed by atoms with Crippen LogP contribution >= 0.6 is 23.8 Å². The highest BCUT2D eigenvalue weighted by Crippen LogP contribution is 2.20. The molecule has 2 heterocycles. The standard InChI is InChI=1S/C15H14ClN5S/c1-3-13-19-20-15(22)21(13)17-8-11-7-10-5-4-9(2)6-12(10)18-14(11)16/h4-8H,3H2,1-2H3,(H,20,22)/b17-8-. The second-order valence-electron chi connectivity index (χ2n) is 4.92. The summed E-state index contributed by atoms with van der Waals surface area (Å²) < 4.78 is 2.04. The second-order valence-corrected chi connectivity index (χ2v) is 5.66. The normalized spacial score (nSPS) is 11.6. The number of nitrogens with zero attached hydrogens (tertiary/aromatic N) is 4. The number of fused-ring (bicyclic) bond motifs is 1. The average Bonchev–Trinajstić information content (AvgIpc) is 2.85. The fourth-order valence-corrected chi connectivity index (χ4v) is 2.55. The molecular formula is C15H14ClN5S. The Morgan fingerprint density at radius 3 is 3.00 bits per heavy atom. The van der Waals surface area contributed by atoms with Gasteiger partial charge in [0.1, 0.15) is 5.15 Å². The van der Waals surface area contributed by atoms with E-state index in [1.165, 1.54) is 0 Å². The number of H-pyrrole nitrogens is 1. The SMILES string of the molecule is CCc1n[nH]c(=S)n1/N=C\c1cc2ccc(C)cc2nc1Cl. The number of benzene rings is 1. The van der Waals surface area contributed by atoms with Crippen LogP contribution in [0.4, 0.5) is 0 Å². The van der Waals surface area contributed by atoms with Crippen LogP contribution in [0, 0.1) is 11.7 Å². The largest absolute Gasteiger partial charge is 0.250 e. The predicted octanol–water partition coefficient (Wildman–Crippen LogP) is 3.90. The van der Waals surface area contributed by atoms with Crippen LogP contribution in [-0.2, 0) is 6.42 Å². The third kappa shape index (κ3) is 2.80. The fourth-order valence-electron chi connectivity index (χ4n) is 2.15. The first-order valence-electron chi connectivity index (χ1n) is 6.86. The van der Waals surface area contributed by atoms with Gasteiger partial charge in [0.15, 0.2) is 5.82 Å². The summed E-state index contributed by atoms with van der Waals surface area (Å²) in [5, 5.41) is 12.6. The number of hydrogen-bond donors (Lipinski definition) is 1. The van der Waals surface area contributed by atoms with Crippen LogP contribution in [0.2, 0.25) is 5.15 Å². The van der Waals surface area contributed by atoms with Crippen molar-refractivity contribution in [2.45, 2.75) is 20.3 Å². The maximum atomic E-state index is 6.25. The van der Waals surface area contributed by atoms with Crippen molar-refractivity contribution in [1.82, 2.24) is 19.9 Å². The molecule has 3 rings (SSSR count). The van der Waals surface area contributed by atoms with E-state index in [1.54, 1.807) is 10.9 Å². The van der Waals surface area contributed by atoms with Crippen LogP contribution in [0.1, 0.15) is 23.9 Å². The van der Waals surface area contributed by atoms with Crippen LogP contribution in [-0.4, -0.2) is 26.1 Å². The summed E-state index contributed by atoms with van der Waals surface area (Å²) in [6, 6.07) is 8.03. The Morgan fingerprint density at radius 1 is 1.41 bits per heavy atom. The van der Waals surface area contributed by atoms with Crippen LogP contribution < -0.4 is 0 Å². The first kappa shape index (κ1) is 14.9. The Balaban J connectivity index is 2.05. The first-order valence-corrected chi connectivity index (χ1v) is 7.64. The number of pyridine rings is 1. The Morgan fingerprint density at radius 2 is 2.23 bits per heavy atom. The number of aryl methyl sites for hydroxylation is 2. The third-order valence-corrected chi connectivity index (χ3v) is 3.87. The zero-order chi connectivity index (χ0) is 15.7. The average molecular weight is 332 g/mol. The highest BCUT2D eigenvalue weighted by Gasteiger charge is 2.05. The molecule has 0 fully saturated rings. The summed E-state index contributed by atoms with van der Waals surface area (Å²) in [4.78, 5) is 4.42. The van der Waals surface area contributed by atoms with Gasteiger partial charge in [0, 0.05) is 17.4 Å². The highest BCUT2D eigenvalue weighted by molar-refractivity contribution is 7.71. The van der Waals surface area contributed by atoms with Gasteiger partial charge in [0.2, 0.25) is 4.77 Å². The summed E-state index contributed by atoms with van der Waals surface area (Å²) >= 11 is 11.4. The molecule has 0 aliphatic rings. The van der Waals surface area contributed by atoms with Gasteiger partial charge in [0.05, 0.1) is 11.7 Å². The van der Waals surface area contributed by atoms with E-state index in [0.717, 1.165) is 34.3 Å². The van der Waals surface area contributed by atoms with E-state index in [-0.39, 0.29) is 0 Å². The lowest BCUT2D eigenvalue weighted by atomic mass is 10.1. The van der Waals surface area contributed by atoms with Gasteiger partial charge in [-0.25, -0.2) is 4.98 Å². The molecule has 0 amide bonds. The molecule has 0 bridgehead atoms. The number of nitrogens with one attached hydrogen (secondary N) is 1. The Hall–Kier alpha value is -2.05. The van der Waals surface area contributed by atoms with Crippen molar-refractivity contribution in [3.63, 3.8) is 0 Å². The van der Waals surface area contributed by atoms with Gasteiger partial charge in [-0.05, 0) is 36.8 Å². The fraction of sp³-hybridized carbons (Fsp3) is 0.200. The van der Waals surface area contributed by atoms with Gasteiger partial charge < -0.3 is 0 Å². The minimum absolute atomic E-state index is 0.412. The minimum atomic E-state index is 0.412. The lowest BCUT2D eigenvalue weighted by Crippen LogP contribution is -1.98. The van der Waals surface area contributed by atoms with Gasteiger partial charge in [0.25, 0.3) is 0 Å². The number of aromatic nitrogens is 4. The van der Waals surface area contributed by atoms with E-state index in [9.17, 15) is 0 Å². The molecule has 3 aromatic rings. The number of aromatic amines is 1. The molecule has 2 aromatic heterocycles. The van der Waals surface area contributed by atoms with Gasteiger partial charge in [-0.15, -0.1) is 0 Å². The molecule has 0 radical (unpaired) electrons. The van der Waals surface area contributed by atoms with E-state index >= 15 is 0 Å². The molecule has 5 nitrogen and oxygen atoms in total. The van der Waals surface area contributed by atoms with Crippen LogP contribution in [0.25, 0.3) is 10.9 Å². The van der Waals surface area contributed by atoms with Crippen LogP contribution in [0.3, 0.4) is 0 Å². The summed E-state index contributed by atoms with van der Waals surface area (Å²) in [6.07, 6.45) is 2.38. The van der Waals surface area contributed by atoms with Gasteiger partial charge in [-0.3, -0.25) is 5.10 Å². The number of hydrogen-bond acceptors (Lipinski definition) is 4. The summed E-state index contributed by atoms with van der Waals surface area (Å²) in [7, 11) is 0. The van der Waals surface area contributed by atoms with E-state index in [1.807, 2.05) is 38.1 Å². The maximum absolute atomic E-state index is 6.25. The van der Waals surface area contributed by atoms with Crippen molar-refractivity contribution in [1.29, 1.82) is 0 Å². The lowest BCUT2D eigenvalue weighted by molar-refractivity contribution is 0.780. The van der Waals surface area contributed by atoms with Crippen molar-refractivity contribution < 1.29 is 0 Å². The second kappa shape index (κ2) is 5.98. The minimum Gasteiger partial charge on any atom is -0.250 e. The van der Waals surface area contributed by atoms with E-state index in [2.05, 4.69) is 20.3 Å². The van der Waals surface area contributed by atoms with Crippen molar-refractivity contribution in [3.05, 3.63) is 51.1 Å². The lowest BCUT2D eigenvalue weighted by Gasteiger charge is -2.03. The monoisotopic (exact) mass is 331 g/mol. The van der Waals surface area contributed by atoms with Crippen LogP contribution in [0.15, 0.2) is 29.4 Å². The van der Waals surface area contributed by atoms with E-state index in [0.29, 0.717) is 9.92 Å². The topological polar surface area (TPSA) is 58.9 Å². The molecule has 0 aliphatic carbocycles. The number of halogens is 1. The molecule has 0 spiro atoms. The van der Waals surface area contributed by atoms with Gasteiger partial charge in [-0.2, -0.15) is 14.9 Å². The molecular weight excluding hydrogens is 318 g/mol. The zero-order valence-electron chi connectivity index (χ0n) is 12.2.